The van der Waals surface area contributed by atoms with Crippen LogP contribution in [0.2, 0.25) is 0 Å². The predicted octanol–water partition coefficient (Wildman–Crippen LogP) is 3.20. The molecule has 0 radical (unpaired) electrons. The average molecular weight is 282 g/mol. The van der Waals surface area contributed by atoms with Crippen LogP contribution in [-0.4, -0.2) is 12.5 Å². The zero-order valence-corrected chi connectivity index (χ0v) is 11.4. The molecule has 0 spiro atoms. The summed E-state index contributed by atoms with van der Waals surface area (Å²) in [5.41, 5.74) is 5.03. The summed E-state index contributed by atoms with van der Waals surface area (Å²) in [5.74, 6) is -1.52. The summed E-state index contributed by atoms with van der Waals surface area (Å²) in [7, 11) is 0. The van der Waals surface area contributed by atoms with E-state index in [4.69, 9.17) is 5.73 Å². The smallest absolute Gasteiger partial charge is 0.231 e. The van der Waals surface area contributed by atoms with Crippen LogP contribution in [0.25, 0.3) is 0 Å². The van der Waals surface area contributed by atoms with Gasteiger partial charge in [0, 0.05) is 12.6 Å². The Kier molecular flexibility index (Phi) is 4.70. The maximum absolute atomic E-state index is 13.6. The molecule has 20 heavy (non-hydrogen) atoms. The molecule has 0 aromatic heterocycles. The maximum atomic E-state index is 13.6. The molecule has 0 saturated heterocycles. The first-order chi connectivity index (χ1) is 9.57. The van der Waals surface area contributed by atoms with Gasteiger partial charge < -0.3 is 11.1 Å². The summed E-state index contributed by atoms with van der Waals surface area (Å²) in [5, 5.41) is 2.51. The first-order valence-electron chi connectivity index (χ1n) is 7.04. The molecule has 1 aromatic carbocycles. The molecule has 1 amide bonds. The fraction of sp³-hybridized carbons (Fsp3) is 0.533. The Hall–Kier alpha value is -1.49. The van der Waals surface area contributed by atoms with Gasteiger partial charge >= 0.3 is 0 Å². The highest BCUT2D eigenvalue weighted by atomic mass is 19.1. The van der Waals surface area contributed by atoms with Crippen LogP contribution in [0.15, 0.2) is 18.2 Å². The number of rotatable bonds is 3. The first-order valence-corrected chi connectivity index (χ1v) is 7.04. The Balaban J connectivity index is 2.18. The van der Waals surface area contributed by atoms with Crippen LogP contribution in [0.1, 0.15) is 38.5 Å². The Labute approximate surface area is 117 Å². The Morgan fingerprint density at radius 1 is 1.20 bits per heavy atom. The summed E-state index contributed by atoms with van der Waals surface area (Å²) in [6.45, 7) is 0.232. The first kappa shape index (κ1) is 14.9. The Morgan fingerprint density at radius 2 is 1.85 bits per heavy atom. The molecule has 2 rings (SSSR count). The molecule has 5 heteroatoms. The van der Waals surface area contributed by atoms with Crippen molar-refractivity contribution in [2.75, 3.05) is 11.9 Å². The van der Waals surface area contributed by atoms with Gasteiger partial charge in [-0.15, -0.1) is 0 Å². The molecule has 1 aromatic rings. The fourth-order valence-electron chi connectivity index (χ4n) is 2.78. The monoisotopic (exact) mass is 282 g/mol. The predicted molar refractivity (Wildman–Crippen MR) is 74.2 cm³/mol. The third kappa shape index (κ3) is 3.15. The van der Waals surface area contributed by atoms with E-state index in [1.54, 1.807) is 0 Å². The SMILES string of the molecule is NCC1(C(=O)Nc2cc(F)ccc2F)CCCCCC1. The van der Waals surface area contributed by atoms with Crippen molar-refractivity contribution in [1.82, 2.24) is 0 Å². The molecule has 0 aliphatic heterocycles. The third-order valence-corrected chi connectivity index (χ3v) is 4.11. The molecule has 0 heterocycles. The second kappa shape index (κ2) is 6.31. The largest absolute Gasteiger partial charge is 0.329 e. The van der Waals surface area contributed by atoms with Gasteiger partial charge in [-0.25, -0.2) is 8.78 Å². The Bertz CT molecular complexity index is 483. The summed E-state index contributed by atoms with van der Waals surface area (Å²) in [6.07, 6.45) is 5.46. The van der Waals surface area contributed by atoms with E-state index in [1.165, 1.54) is 0 Å². The lowest BCUT2D eigenvalue weighted by molar-refractivity contribution is -0.125. The van der Waals surface area contributed by atoms with E-state index in [-0.39, 0.29) is 18.1 Å². The van der Waals surface area contributed by atoms with Crippen LogP contribution < -0.4 is 11.1 Å². The van der Waals surface area contributed by atoms with Gasteiger partial charge in [-0.1, -0.05) is 25.7 Å². The quantitative estimate of drug-likeness (QED) is 0.836. The minimum absolute atomic E-state index is 0.118. The minimum Gasteiger partial charge on any atom is -0.329 e. The highest BCUT2D eigenvalue weighted by molar-refractivity contribution is 5.95. The van der Waals surface area contributed by atoms with Crippen molar-refractivity contribution < 1.29 is 13.6 Å². The number of halogens is 2. The molecule has 1 fully saturated rings. The summed E-state index contributed by atoms with van der Waals surface area (Å²) in [4.78, 5) is 12.5. The van der Waals surface area contributed by atoms with E-state index in [0.29, 0.717) is 12.8 Å². The normalized spacial score (nSPS) is 18.4. The number of nitrogens with one attached hydrogen (secondary N) is 1. The molecule has 1 aliphatic rings. The van der Waals surface area contributed by atoms with E-state index in [2.05, 4.69) is 5.32 Å². The highest BCUT2D eigenvalue weighted by Gasteiger charge is 2.37. The van der Waals surface area contributed by atoms with Gasteiger partial charge in [0.15, 0.2) is 0 Å². The van der Waals surface area contributed by atoms with Crippen LogP contribution in [0.4, 0.5) is 14.5 Å². The zero-order chi connectivity index (χ0) is 14.6. The molecule has 0 unspecified atom stereocenters. The third-order valence-electron chi connectivity index (χ3n) is 4.11. The number of hydrogen-bond acceptors (Lipinski definition) is 2. The molecule has 3 N–H and O–H groups in total. The van der Waals surface area contributed by atoms with Crippen LogP contribution >= 0.6 is 0 Å². The van der Waals surface area contributed by atoms with Crippen LogP contribution in [0.3, 0.4) is 0 Å². The fourth-order valence-corrected chi connectivity index (χ4v) is 2.78. The number of benzene rings is 1. The van der Waals surface area contributed by atoms with Crippen molar-refractivity contribution in [3.63, 3.8) is 0 Å². The molecule has 0 bridgehead atoms. The van der Waals surface area contributed by atoms with Gasteiger partial charge in [-0.3, -0.25) is 4.79 Å². The lowest BCUT2D eigenvalue weighted by Gasteiger charge is -2.29. The topological polar surface area (TPSA) is 55.1 Å². The molecule has 3 nitrogen and oxygen atoms in total. The standard InChI is InChI=1S/C15H20F2N2O/c16-11-5-6-12(17)13(9-11)19-14(20)15(10-18)7-3-1-2-4-8-15/h5-6,9H,1-4,7-8,10,18H2,(H,19,20). The molecule has 1 aliphatic carbocycles. The lowest BCUT2D eigenvalue weighted by Crippen LogP contribution is -2.42. The molecular weight excluding hydrogens is 262 g/mol. The van der Waals surface area contributed by atoms with Crippen LogP contribution in [0, 0.1) is 17.0 Å². The number of amides is 1. The van der Waals surface area contributed by atoms with Crippen molar-refractivity contribution >= 4 is 11.6 Å². The number of carbonyl (C=O) groups excluding carboxylic acids is 1. The Morgan fingerprint density at radius 3 is 2.45 bits per heavy atom. The molecule has 1 saturated carbocycles. The molecule has 0 atom stereocenters. The van der Waals surface area contributed by atoms with Gasteiger partial charge in [0.25, 0.3) is 0 Å². The van der Waals surface area contributed by atoms with Gasteiger partial charge in [0.2, 0.25) is 5.91 Å². The lowest BCUT2D eigenvalue weighted by atomic mass is 9.79. The van der Waals surface area contributed by atoms with Crippen LogP contribution in [0.5, 0.6) is 0 Å². The van der Waals surface area contributed by atoms with Gasteiger partial charge in [0.05, 0.1) is 11.1 Å². The van der Waals surface area contributed by atoms with E-state index in [9.17, 15) is 13.6 Å². The van der Waals surface area contributed by atoms with E-state index in [1.807, 2.05) is 0 Å². The van der Waals surface area contributed by atoms with Crippen LogP contribution in [-0.2, 0) is 4.79 Å². The van der Waals surface area contributed by atoms with Crippen molar-refractivity contribution in [3.05, 3.63) is 29.8 Å². The maximum Gasteiger partial charge on any atom is 0.231 e. The van der Waals surface area contributed by atoms with E-state index < -0.39 is 17.0 Å². The number of carbonyl (C=O) groups is 1. The van der Waals surface area contributed by atoms with Gasteiger partial charge in [-0.05, 0) is 25.0 Å². The summed E-state index contributed by atoms with van der Waals surface area (Å²) < 4.78 is 26.7. The van der Waals surface area contributed by atoms with E-state index in [0.717, 1.165) is 43.9 Å². The van der Waals surface area contributed by atoms with Crippen molar-refractivity contribution in [1.29, 1.82) is 0 Å². The average Bonchev–Trinajstić information content (AvgIpc) is 2.69. The van der Waals surface area contributed by atoms with Crippen molar-refractivity contribution in [3.8, 4) is 0 Å². The second-order valence-electron chi connectivity index (χ2n) is 5.48. The number of nitrogens with two attached hydrogens (primary N) is 1. The van der Waals surface area contributed by atoms with E-state index >= 15 is 0 Å². The van der Waals surface area contributed by atoms with Gasteiger partial charge in [0.1, 0.15) is 11.6 Å². The van der Waals surface area contributed by atoms with Crippen molar-refractivity contribution in [2.24, 2.45) is 11.1 Å². The zero-order valence-electron chi connectivity index (χ0n) is 11.4. The second-order valence-corrected chi connectivity index (χ2v) is 5.48. The summed E-state index contributed by atoms with van der Waals surface area (Å²) in [6, 6.07) is 3.02. The molecular formula is C15H20F2N2O. The summed E-state index contributed by atoms with van der Waals surface area (Å²) >= 11 is 0. The van der Waals surface area contributed by atoms with Crippen molar-refractivity contribution in [2.45, 2.75) is 38.5 Å². The minimum atomic E-state index is -0.657. The number of anilines is 1. The highest BCUT2D eigenvalue weighted by Crippen LogP contribution is 2.35. The molecule has 110 valence electrons. The number of hydrogen-bond donors (Lipinski definition) is 2. The van der Waals surface area contributed by atoms with Gasteiger partial charge in [-0.2, -0.15) is 0 Å².